The van der Waals surface area contributed by atoms with Crippen molar-refractivity contribution in [3.8, 4) is 0 Å². The lowest BCUT2D eigenvalue weighted by atomic mass is 9.86. The fraction of sp³-hybridized carbons (Fsp3) is 0.625. The molecular formula is C16H23Cl2N. The molecule has 0 aromatic heterocycles. The van der Waals surface area contributed by atoms with Crippen LogP contribution in [0.5, 0.6) is 0 Å². The Labute approximate surface area is 126 Å². The van der Waals surface area contributed by atoms with E-state index in [0.29, 0.717) is 0 Å². The minimum absolute atomic E-state index is 0.0161. The van der Waals surface area contributed by atoms with E-state index in [2.05, 4.69) is 37.8 Å². The molecule has 0 atom stereocenters. The summed E-state index contributed by atoms with van der Waals surface area (Å²) in [5.41, 5.74) is 2.26. The zero-order valence-corrected chi connectivity index (χ0v) is 13.6. The molecule has 1 aromatic rings. The van der Waals surface area contributed by atoms with Gasteiger partial charge in [-0.05, 0) is 54.6 Å². The van der Waals surface area contributed by atoms with Gasteiger partial charge in [-0.25, -0.2) is 0 Å². The summed E-state index contributed by atoms with van der Waals surface area (Å²) in [6.45, 7) is 9.77. The molecule has 3 heteroatoms. The number of nitrogens with zero attached hydrogens (tertiary/aromatic N) is 1. The molecule has 0 N–H and O–H groups in total. The molecule has 1 saturated heterocycles. The average molecular weight is 300 g/mol. The van der Waals surface area contributed by atoms with Crippen molar-refractivity contribution in [2.24, 2.45) is 0 Å². The minimum Gasteiger partial charge on any atom is -0.299 e. The van der Waals surface area contributed by atoms with E-state index in [0.717, 1.165) is 22.2 Å². The number of hydrogen-bond donors (Lipinski definition) is 0. The average Bonchev–Trinajstić information content (AvgIpc) is 2.27. The van der Waals surface area contributed by atoms with E-state index in [9.17, 15) is 0 Å². The van der Waals surface area contributed by atoms with Crippen molar-refractivity contribution >= 4 is 23.2 Å². The third kappa shape index (κ3) is 3.87. The molecule has 1 aliphatic rings. The van der Waals surface area contributed by atoms with Gasteiger partial charge in [0.25, 0.3) is 0 Å². The summed E-state index contributed by atoms with van der Waals surface area (Å²) < 4.78 is 0. The fourth-order valence-corrected chi connectivity index (χ4v) is 3.91. The number of halogens is 2. The second-order valence-corrected chi connectivity index (χ2v) is 7.34. The topological polar surface area (TPSA) is 3.24 Å². The quantitative estimate of drug-likeness (QED) is 0.718. The molecule has 1 aliphatic heterocycles. The molecule has 0 amide bonds. The minimum atomic E-state index is -0.0161. The monoisotopic (exact) mass is 299 g/mol. The van der Waals surface area contributed by atoms with Crippen molar-refractivity contribution in [1.29, 1.82) is 0 Å². The molecule has 2 rings (SSSR count). The van der Waals surface area contributed by atoms with E-state index >= 15 is 0 Å². The van der Waals surface area contributed by atoms with E-state index in [1.165, 1.54) is 37.9 Å². The van der Waals surface area contributed by atoms with Crippen molar-refractivity contribution in [2.75, 3.05) is 13.1 Å². The van der Waals surface area contributed by atoms with Gasteiger partial charge >= 0.3 is 0 Å². The van der Waals surface area contributed by atoms with Crippen LogP contribution in [0.25, 0.3) is 0 Å². The lowest BCUT2D eigenvalue weighted by Gasteiger charge is -2.28. The number of rotatable bonds is 2. The highest BCUT2D eigenvalue weighted by molar-refractivity contribution is 6.36. The van der Waals surface area contributed by atoms with Crippen LogP contribution >= 0.6 is 23.2 Å². The Kier molecular flexibility index (Phi) is 4.81. The zero-order chi connectivity index (χ0) is 14.0. The lowest BCUT2D eigenvalue weighted by molar-refractivity contribution is 0.221. The number of piperidine rings is 1. The van der Waals surface area contributed by atoms with Gasteiger partial charge in [-0.1, -0.05) is 50.4 Å². The SMILES string of the molecule is CC(C)(C)c1c(Cl)cc(CN2CCCCC2)cc1Cl. The van der Waals surface area contributed by atoms with Crippen LogP contribution in [0, 0.1) is 0 Å². The van der Waals surface area contributed by atoms with Crippen molar-refractivity contribution in [3.63, 3.8) is 0 Å². The molecular weight excluding hydrogens is 277 g/mol. The first-order valence-electron chi connectivity index (χ1n) is 7.08. The number of benzene rings is 1. The summed E-state index contributed by atoms with van der Waals surface area (Å²) >= 11 is 12.9. The number of likely N-dealkylation sites (tertiary alicyclic amines) is 1. The normalized spacial score (nSPS) is 17.7. The van der Waals surface area contributed by atoms with Gasteiger partial charge in [-0.15, -0.1) is 0 Å². The summed E-state index contributed by atoms with van der Waals surface area (Å²) in [4.78, 5) is 2.49. The molecule has 0 unspecified atom stereocenters. The summed E-state index contributed by atoms with van der Waals surface area (Å²) in [6.07, 6.45) is 3.98. The summed E-state index contributed by atoms with van der Waals surface area (Å²) in [7, 11) is 0. The van der Waals surface area contributed by atoms with Gasteiger partial charge in [0, 0.05) is 16.6 Å². The lowest BCUT2D eigenvalue weighted by Crippen LogP contribution is -2.29. The summed E-state index contributed by atoms with van der Waals surface area (Å²) in [5, 5.41) is 1.60. The van der Waals surface area contributed by atoms with Crippen molar-refractivity contribution in [1.82, 2.24) is 4.90 Å². The molecule has 1 heterocycles. The van der Waals surface area contributed by atoms with Gasteiger partial charge in [0.2, 0.25) is 0 Å². The van der Waals surface area contributed by atoms with Crippen LogP contribution < -0.4 is 0 Å². The number of hydrogen-bond acceptors (Lipinski definition) is 1. The van der Waals surface area contributed by atoms with Crippen LogP contribution in [-0.4, -0.2) is 18.0 Å². The maximum Gasteiger partial charge on any atom is 0.0461 e. The summed E-state index contributed by atoms with van der Waals surface area (Å²) in [6, 6.07) is 4.17. The molecule has 1 fully saturated rings. The Morgan fingerprint density at radius 3 is 2.00 bits per heavy atom. The first-order chi connectivity index (χ1) is 8.88. The molecule has 1 aromatic carbocycles. The van der Waals surface area contributed by atoms with Gasteiger partial charge in [-0.2, -0.15) is 0 Å². The van der Waals surface area contributed by atoms with E-state index in [4.69, 9.17) is 23.2 Å². The van der Waals surface area contributed by atoms with Crippen LogP contribution in [0.1, 0.15) is 51.2 Å². The van der Waals surface area contributed by atoms with Crippen molar-refractivity contribution in [3.05, 3.63) is 33.3 Å². The second kappa shape index (κ2) is 6.03. The van der Waals surface area contributed by atoms with E-state index in [-0.39, 0.29) is 5.41 Å². The van der Waals surface area contributed by atoms with E-state index < -0.39 is 0 Å². The van der Waals surface area contributed by atoms with Gasteiger partial charge in [0.15, 0.2) is 0 Å². The Morgan fingerprint density at radius 2 is 1.53 bits per heavy atom. The zero-order valence-electron chi connectivity index (χ0n) is 12.1. The molecule has 106 valence electrons. The largest absolute Gasteiger partial charge is 0.299 e. The third-order valence-corrected chi connectivity index (χ3v) is 4.30. The van der Waals surface area contributed by atoms with Gasteiger partial charge < -0.3 is 0 Å². The van der Waals surface area contributed by atoms with Crippen LogP contribution in [0.3, 0.4) is 0 Å². The van der Waals surface area contributed by atoms with Gasteiger partial charge in [-0.3, -0.25) is 4.90 Å². The highest BCUT2D eigenvalue weighted by atomic mass is 35.5. The highest BCUT2D eigenvalue weighted by Gasteiger charge is 2.22. The molecule has 1 nitrogen and oxygen atoms in total. The molecule has 0 saturated carbocycles. The Hall–Kier alpha value is -0.240. The van der Waals surface area contributed by atoms with Crippen LogP contribution in [0.15, 0.2) is 12.1 Å². The first kappa shape index (κ1) is 15.2. The van der Waals surface area contributed by atoms with Crippen molar-refractivity contribution < 1.29 is 0 Å². The standard InChI is InChI=1S/C16H23Cl2N/c1-16(2,3)15-13(17)9-12(10-14(15)18)11-19-7-5-4-6-8-19/h9-10H,4-8,11H2,1-3H3. The van der Waals surface area contributed by atoms with Gasteiger partial charge in [0.05, 0.1) is 0 Å². The smallest absolute Gasteiger partial charge is 0.0461 e. The first-order valence-corrected chi connectivity index (χ1v) is 7.84. The van der Waals surface area contributed by atoms with Gasteiger partial charge in [0.1, 0.15) is 0 Å². The highest BCUT2D eigenvalue weighted by Crippen LogP contribution is 2.36. The Morgan fingerprint density at radius 1 is 1.00 bits per heavy atom. The molecule has 0 bridgehead atoms. The van der Waals surface area contributed by atoms with Crippen molar-refractivity contribution in [2.45, 2.75) is 52.0 Å². The second-order valence-electron chi connectivity index (χ2n) is 6.52. The van der Waals surface area contributed by atoms with E-state index in [1.54, 1.807) is 0 Å². The summed E-state index contributed by atoms with van der Waals surface area (Å²) in [5.74, 6) is 0. The fourth-order valence-electron chi connectivity index (χ4n) is 2.81. The predicted molar refractivity (Wildman–Crippen MR) is 84.3 cm³/mol. The molecule has 19 heavy (non-hydrogen) atoms. The Bertz CT molecular complexity index is 420. The maximum atomic E-state index is 6.43. The third-order valence-electron chi connectivity index (χ3n) is 3.71. The molecule has 0 aliphatic carbocycles. The maximum absolute atomic E-state index is 6.43. The van der Waals surface area contributed by atoms with Crippen LogP contribution in [0.2, 0.25) is 10.0 Å². The van der Waals surface area contributed by atoms with Crippen LogP contribution in [0.4, 0.5) is 0 Å². The van der Waals surface area contributed by atoms with Crippen LogP contribution in [-0.2, 0) is 12.0 Å². The van der Waals surface area contributed by atoms with E-state index in [1.807, 2.05) is 0 Å². The Balaban J connectivity index is 2.19. The molecule has 0 radical (unpaired) electrons. The molecule has 0 spiro atoms. The predicted octanol–water partition coefficient (Wildman–Crippen LogP) is 5.28.